The third-order valence-electron chi connectivity index (χ3n) is 13.8. The third-order valence-corrected chi connectivity index (χ3v) is 13.8. The fourth-order valence-electron chi connectivity index (χ4n) is 11.0. The summed E-state index contributed by atoms with van der Waals surface area (Å²) in [5.41, 5.74) is 16.6. The van der Waals surface area contributed by atoms with E-state index in [0.29, 0.717) is 0 Å². The summed E-state index contributed by atoms with van der Waals surface area (Å²) >= 11 is 0. The molecule has 0 saturated heterocycles. The summed E-state index contributed by atoms with van der Waals surface area (Å²) in [5.74, 6) is 1.75. The van der Waals surface area contributed by atoms with E-state index in [1.807, 2.05) is 12.1 Å². The average molecular weight is 830 g/mol. The lowest BCUT2D eigenvalue weighted by Gasteiger charge is -2.23. The maximum Gasteiger partial charge on any atom is 0.159 e. The van der Waals surface area contributed by atoms with E-state index in [2.05, 4.69) is 214 Å². The molecule has 5 heteroatoms. The molecule has 0 unspecified atom stereocenters. The molecule has 0 bridgehead atoms. The molecule has 5 heterocycles. The summed E-state index contributed by atoms with van der Waals surface area (Å²) < 4.78 is 20.1. The molecule has 0 amide bonds. The molecule has 0 aliphatic carbocycles. The quantitative estimate of drug-likeness (QED) is 0.177. The highest BCUT2D eigenvalue weighted by Crippen LogP contribution is 2.49. The van der Waals surface area contributed by atoms with Crippen LogP contribution in [0.2, 0.25) is 0 Å². The molecular weight excluding hydrogens is 795 g/mol. The smallest absolute Gasteiger partial charge is 0.159 e. The molecule has 14 aromatic rings. The molecule has 0 radical (unpaired) electrons. The summed E-state index contributed by atoms with van der Waals surface area (Å²) in [5, 5.41) is 9.58. The Morgan fingerprint density at radius 2 is 0.831 bits per heavy atom. The molecule has 0 atom stereocenters. The number of hydrogen-bond acceptors (Lipinski definition) is 2. The van der Waals surface area contributed by atoms with E-state index in [-0.39, 0.29) is 0 Å². The van der Waals surface area contributed by atoms with Gasteiger partial charge in [0.15, 0.2) is 11.5 Å². The van der Waals surface area contributed by atoms with Gasteiger partial charge in [0.1, 0.15) is 11.2 Å². The van der Waals surface area contributed by atoms with E-state index in [1.165, 1.54) is 71.0 Å². The Hall–Kier alpha value is -8.80. The van der Waals surface area contributed by atoms with Gasteiger partial charge in [-0.15, -0.1) is 0 Å². The predicted molar refractivity (Wildman–Crippen MR) is 268 cm³/mol. The van der Waals surface area contributed by atoms with Gasteiger partial charge in [-0.05, 0) is 108 Å². The van der Waals surface area contributed by atoms with Gasteiger partial charge >= 0.3 is 0 Å². The average Bonchev–Trinajstić information content (AvgIpc) is 4.11. The third kappa shape index (κ3) is 4.81. The zero-order valence-corrected chi connectivity index (χ0v) is 34.9. The molecule has 65 heavy (non-hydrogen) atoms. The van der Waals surface area contributed by atoms with Crippen LogP contribution in [-0.2, 0) is 0 Å². The van der Waals surface area contributed by atoms with Crippen molar-refractivity contribution in [1.29, 1.82) is 0 Å². The minimum Gasteiger partial charge on any atom is -0.456 e. The van der Waals surface area contributed by atoms with E-state index in [1.54, 1.807) is 0 Å². The Labute approximate surface area is 371 Å². The van der Waals surface area contributed by atoms with E-state index in [0.717, 1.165) is 67.1 Å². The Kier molecular flexibility index (Phi) is 6.89. The van der Waals surface area contributed by atoms with Crippen molar-refractivity contribution in [1.82, 2.24) is 13.7 Å². The Morgan fingerprint density at radius 1 is 0.308 bits per heavy atom. The molecule has 1 aliphatic rings. The van der Waals surface area contributed by atoms with E-state index >= 15 is 0 Å². The van der Waals surface area contributed by atoms with Crippen LogP contribution in [0.25, 0.3) is 127 Å². The molecule has 0 spiro atoms. The normalized spacial score (nSPS) is 12.4. The Bertz CT molecular complexity index is 4330. The molecule has 10 aromatic carbocycles. The molecule has 0 fully saturated rings. The van der Waals surface area contributed by atoms with Gasteiger partial charge in [-0.1, -0.05) is 121 Å². The molecule has 0 saturated carbocycles. The molecule has 302 valence electrons. The first-order valence-electron chi connectivity index (χ1n) is 22.2. The van der Waals surface area contributed by atoms with Crippen molar-refractivity contribution < 1.29 is 9.15 Å². The summed E-state index contributed by atoms with van der Waals surface area (Å²) in [7, 11) is 0. The van der Waals surface area contributed by atoms with Crippen LogP contribution in [0.4, 0.5) is 0 Å². The number of para-hydroxylation sites is 6. The van der Waals surface area contributed by atoms with E-state index < -0.39 is 0 Å². The summed E-state index contributed by atoms with van der Waals surface area (Å²) in [6.45, 7) is 0. The second kappa shape index (κ2) is 12.9. The minimum absolute atomic E-state index is 0.873. The van der Waals surface area contributed by atoms with Crippen LogP contribution in [-0.4, -0.2) is 13.7 Å². The number of ether oxygens (including phenoxy) is 1. The van der Waals surface area contributed by atoms with Crippen molar-refractivity contribution in [2.75, 3.05) is 0 Å². The van der Waals surface area contributed by atoms with Gasteiger partial charge in [0.05, 0.1) is 38.8 Å². The van der Waals surface area contributed by atoms with Crippen LogP contribution in [0.1, 0.15) is 0 Å². The van der Waals surface area contributed by atoms with Gasteiger partial charge in [-0.2, -0.15) is 0 Å². The summed E-state index contributed by atoms with van der Waals surface area (Å²) in [6.07, 6.45) is 0. The summed E-state index contributed by atoms with van der Waals surface area (Å²) in [4.78, 5) is 0. The lowest BCUT2D eigenvalue weighted by molar-refractivity contribution is 0.478. The largest absolute Gasteiger partial charge is 0.456 e. The topological polar surface area (TPSA) is 37.2 Å². The van der Waals surface area contributed by atoms with Crippen LogP contribution in [0.15, 0.2) is 217 Å². The zero-order chi connectivity index (χ0) is 42.3. The predicted octanol–water partition coefficient (Wildman–Crippen LogP) is 16.3. The lowest BCUT2D eigenvalue weighted by atomic mass is 10.0. The van der Waals surface area contributed by atoms with Crippen molar-refractivity contribution in [2.24, 2.45) is 0 Å². The Morgan fingerprint density at radius 3 is 1.54 bits per heavy atom. The van der Waals surface area contributed by atoms with Gasteiger partial charge in [-0.25, -0.2) is 0 Å². The highest BCUT2D eigenvalue weighted by molar-refractivity contribution is 6.14. The molecule has 15 rings (SSSR count). The number of fused-ring (bicyclic) bond motifs is 14. The molecule has 1 aliphatic heterocycles. The van der Waals surface area contributed by atoms with E-state index in [4.69, 9.17) is 9.15 Å². The zero-order valence-electron chi connectivity index (χ0n) is 34.9. The number of furan rings is 1. The van der Waals surface area contributed by atoms with Gasteiger partial charge in [-0.3, -0.25) is 0 Å². The molecule has 4 aromatic heterocycles. The first kappa shape index (κ1) is 34.7. The van der Waals surface area contributed by atoms with E-state index in [9.17, 15) is 0 Å². The van der Waals surface area contributed by atoms with Crippen molar-refractivity contribution in [3.63, 3.8) is 0 Å². The second-order valence-electron chi connectivity index (χ2n) is 17.3. The van der Waals surface area contributed by atoms with Crippen molar-refractivity contribution in [2.45, 2.75) is 0 Å². The minimum atomic E-state index is 0.873. The number of aromatic nitrogens is 3. The SMILES string of the molecule is c1cc(-c2ccc(-n3c4ccccc4c4cc(-c5ccc6c(c5)c5ccccc5n6-c5ccc6oc7ccccc7c6c5)ccc43)cc2)c2c(c1)-n1c3ccccc3c3cccc(c31)O2. The van der Waals surface area contributed by atoms with Gasteiger partial charge in [0.25, 0.3) is 0 Å². The van der Waals surface area contributed by atoms with Crippen LogP contribution in [0, 0.1) is 0 Å². The van der Waals surface area contributed by atoms with Gasteiger partial charge in [0.2, 0.25) is 0 Å². The maximum absolute atomic E-state index is 6.79. The first-order valence-corrected chi connectivity index (χ1v) is 22.2. The summed E-state index contributed by atoms with van der Waals surface area (Å²) in [6, 6.07) is 76.6. The second-order valence-corrected chi connectivity index (χ2v) is 17.3. The monoisotopic (exact) mass is 829 g/mol. The Balaban J connectivity index is 0.829. The highest BCUT2D eigenvalue weighted by atomic mass is 16.5. The first-order chi connectivity index (χ1) is 32.2. The van der Waals surface area contributed by atoms with Crippen molar-refractivity contribution >= 4 is 87.4 Å². The fraction of sp³-hybridized carbons (Fsp3) is 0. The number of rotatable bonds is 4. The van der Waals surface area contributed by atoms with Gasteiger partial charge in [0, 0.05) is 60.0 Å². The lowest BCUT2D eigenvalue weighted by Crippen LogP contribution is -2.05. The van der Waals surface area contributed by atoms with Crippen LogP contribution >= 0.6 is 0 Å². The van der Waals surface area contributed by atoms with Crippen molar-refractivity contribution in [3.05, 3.63) is 212 Å². The molecular formula is C60H35N3O2. The number of benzene rings is 10. The highest BCUT2D eigenvalue weighted by Gasteiger charge is 2.26. The van der Waals surface area contributed by atoms with Crippen molar-refractivity contribution in [3.8, 4) is 50.8 Å². The van der Waals surface area contributed by atoms with Gasteiger partial charge < -0.3 is 22.9 Å². The fourth-order valence-corrected chi connectivity index (χ4v) is 11.0. The van der Waals surface area contributed by atoms with Crippen LogP contribution < -0.4 is 4.74 Å². The van der Waals surface area contributed by atoms with Crippen LogP contribution in [0.3, 0.4) is 0 Å². The standard InChI is InChI=1S/C60H35N3O2/c1-7-19-52-42(11-1)46-16-10-22-58-59(46)63(52)55-20-9-15-41(60(55)65-58)36-23-27-39(28-24-36)61-50-17-5-2-12-43(50)47-33-37(25-30-53(47)61)38-26-31-54-48(34-38)44-13-3-6-18-51(44)62(54)40-29-32-57-49(35-40)45-14-4-8-21-56(45)64-57/h1-35H. The molecule has 0 N–H and O–H groups in total. The number of nitrogens with zero attached hydrogens (tertiary/aromatic N) is 3. The van der Waals surface area contributed by atoms with Crippen LogP contribution in [0.5, 0.6) is 11.5 Å². The molecule has 5 nitrogen and oxygen atoms in total. The maximum atomic E-state index is 6.79. The number of hydrogen-bond donors (Lipinski definition) is 0.